The van der Waals surface area contributed by atoms with Gasteiger partial charge in [-0.3, -0.25) is 9.69 Å². The first-order valence-corrected chi connectivity index (χ1v) is 8.77. The Bertz CT molecular complexity index is 709. The van der Waals surface area contributed by atoms with Crippen molar-refractivity contribution in [3.63, 3.8) is 0 Å². The fourth-order valence-corrected chi connectivity index (χ4v) is 3.31. The van der Waals surface area contributed by atoms with Crippen LogP contribution in [0.1, 0.15) is 40.4 Å². The standard InChI is InChI=1S/C20H25N3O2/c1-15-7-9-16(10-8-15)18(23-12-3-4-13-23)14-22-19(24)17-6-5-11-21-20(17)25-2/h5-11,18H,3-4,12-14H2,1-2H3,(H,22,24). The van der Waals surface area contributed by atoms with Crippen LogP contribution >= 0.6 is 0 Å². The molecule has 1 aliphatic heterocycles. The predicted octanol–water partition coefficient (Wildman–Crippen LogP) is 2.97. The van der Waals surface area contributed by atoms with Crippen molar-refractivity contribution in [3.05, 3.63) is 59.3 Å². The Balaban J connectivity index is 1.74. The number of methoxy groups -OCH3 is 1. The molecule has 1 unspecified atom stereocenters. The summed E-state index contributed by atoms with van der Waals surface area (Å²) in [6, 6.07) is 12.3. The van der Waals surface area contributed by atoms with Gasteiger partial charge in [0, 0.05) is 12.7 Å². The number of carbonyl (C=O) groups excluding carboxylic acids is 1. The summed E-state index contributed by atoms with van der Waals surface area (Å²) in [6.45, 7) is 4.81. The van der Waals surface area contributed by atoms with Crippen molar-refractivity contribution in [2.75, 3.05) is 26.7 Å². The van der Waals surface area contributed by atoms with Gasteiger partial charge in [-0.15, -0.1) is 0 Å². The number of rotatable bonds is 6. The summed E-state index contributed by atoms with van der Waals surface area (Å²) in [7, 11) is 1.53. The van der Waals surface area contributed by atoms with Gasteiger partial charge in [-0.25, -0.2) is 4.98 Å². The first kappa shape index (κ1) is 17.4. The fraction of sp³-hybridized carbons (Fsp3) is 0.400. The highest BCUT2D eigenvalue weighted by Crippen LogP contribution is 2.25. The van der Waals surface area contributed by atoms with Gasteiger partial charge < -0.3 is 10.1 Å². The maximum atomic E-state index is 12.6. The second kappa shape index (κ2) is 8.12. The normalized spacial score (nSPS) is 15.8. The number of hydrogen-bond acceptors (Lipinski definition) is 4. The van der Waals surface area contributed by atoms with E-state index in [1.165, 1.54) is 31.1 Å². The van der Waals surface area contributed by atoms with E-state index in [4.69, 9.17) is 4.74 Å². The van der Waals surface area contributed by atoms with Crippen LogP contribution in [0.25, 0.3) is 0 Å². The highest BCUT2D eigenvalue weighted by atomic mass is 16.5. The smallest absolute Gasteiger partial charge is 0.256 e. The molecule has 0 spiro atoms. The van der Waals surface area contributed by atoms with Crippen molar-refractivity contribution in [2.24, 2.45) is 0 Å². The first-order chi connectivity index (χ1) is 12.2. The van der Waals surface area contributed by atoms with Gasteiger partial charge in [0.05, 0.1) is 13.2 Å². The summed E-state index contributed by atoms with van der Waals surface area (Å²) in [5, 5.41) is 3.06. The van der Waals surface area contributed by atoms with Crippen LogP contribution in [0.3, 0.4) is 0 Å². The third-order valence-corrected chi connectivity index (χ3v) is 4.71. The van der Waals surface area contributed by atoms with Crippen LogP contribution in [-0.4, -0.2) is 42.5 Å². The molecule has 2 heterocycles. The number of benzene rings is 1. The van der Waals surface area contributed by atoms with Crippen LogP contribution in [-0.2, 0) is 0 Å². The van der Waals surface area contributed by atoms with E-state index in [2.05, 4.69) is 46.4 Å². The van der Waals surface area contributed by atoms with Gasteiger partial charge >= 0.3 is 0 Å². The van der Waals surface area contributed by atoms with Crippen LogP contribution in [0.4, 0.5) is 0 Å². The molecule has 1 aromatic heterocycles. The first-order valence-electron chi connectivity index (χ1n) is 8.77. The number of hydrogen-bond donors (Lipinski definition) is 1. The van der Waals surface area contributed by atoms with Crippen molar-refractivity contribution in [1.82, 2.24) is 15.2 Å². The topological polar surface area (TPSA) is 54.5 Å². The second-order valence-corrected chi connectivity index (χ2v) is 6.44. The number of nitrogens with one attached hydrogen (secondary N) is 1. The van der Waals surface area contributed by atoms with Crippen molar-refractivity contribution in [3.8, 4) is 5.88 Å². The lowest BCUT2D eigenvalue weighted by Crippen LogP contribution is -2.37. The van der Waals surface area contributed by atoms with Gasteiger partial charge in [0.25, 0.3) is 5.91 Å². The second-order valence-electron chi connectivity index (χ2n) is 6.44. The Hall–Kier alpha value is -2.40. The van der Waals surface area contributed by atoms with Gasteiger partial charge in [-0.05, 0) is 50.6 Å². The molecule has 1 amide bonds. The number of ether oxygens (including phenoxy) is 1. The maximum absolute atomic E-state index is 12.6. The number of amides is 1. The molecule has 2 aromatic rings. The van der Waals surface area contributed by atoms with Crippen molar-refractivity contribution >= 4 is 5.91 Å². The van der Waals surface area contributed by atoms with Crippen molar-refractivity contribution in [2.45, 2.75) is 25.8 Å². The highest BCUT2D eigenvalue weighted by Gasteiger charge is 2.24. The minimum Gasteiger partial charge on any atom is -0.480 e. The molecule has 5 nitrogen and oxygen atoms in total. The lowest BCUT2D eigenvalue weighted by atomic mass is 10.0. The molecular formula is C20H25N3O2. The molecule has 1 N–H and O–H groups in total. The van der Waals surface area contributed by atoms with Gasteiger partial charge in [0.2, 0.25) is 5.88 Å². The summed E-state index contributed by atoms with van der Waals surface area (Å²) in [5.41, 5.74) is 2.95. The molecule has 1 saturated heterocycles. The van der Waals surface area contributed by atoms with Gasteiger partial charge in [-0.1, -0.05) is 29.8 Å². The monoisotopic (exact) mass is 339 g/mol. The summed E-state index contributed by atoms with van der Waals surface area (Å²) >= 11 is 0. The Kier molecular flexibility index (Phi) is 5.66. The predicted molar refractivity (Wildman–Crippen MR) is 97.8 cm³/mol. The van der Waals surface area contributed by atoms with Crippen LogP contribution in [0.15, 0.2) is 42.6 Å². The largest absolute Gasteiger partial charge is 0.480 e. The van der Waals surface area contributed by atoms with Crippen LogP contribution in [0.2, 0.25) is 0 Å². The molecule has 25 heavy (non-hydrogen) atoms. The number of likely N-dealkylation sites (tertiary alicyclic amines) is 1. The Morgan fingerprint density at radius 3 is 2.64 bits per heavy atom. The van der Waals surface area contributed by atoms with E-state index in [1.807, 2.05) is 0 Å². The van der Waals surface area contributed by atoms with Gasteiger partial charge in [-0.2, -0.15) is 0 Å². The molecule has 3 rings (SSSR count). The molecule has 0 bridgehead atoms. The average molecular weight is 339 g/mol. The zero-order chi connectivity index (χ0) is 17.6. The summed E-state index contributed by atoms with van der Waals surface area (Å²) < 4.78 is 5.19. The number of pyridine rings is 1. The van der Waals surface area contributed by atoms with E-state index in [1.54, 1.807) is 18.3 Å². The molecule has 1 fully saturated rings. The van der Waals surface area contributed by atoms with Crippen molar-refractivity contribution in [1.29, 1.82) is 0 Å². The fourth-order valence-electron chi connectivity index (χ4n) is 3.31. The van der Waals surface area contributed by atoms with Crippen LogP contribution < -0.4 is 10.1 Å². The third-order valence-electron chi connectivity index (χ3n) is 4.71. The molecule has 132 valence electrons. The molecule has 0 saturated carbocycles. The lowest BCUT2D eigenvalue weighted by Gasteiger charge is -2.28. The molecule has 0 radical (unpaired) electrons. The minimum atomic E-state index is -0.152. The number of aromatic nitrogens is 1. The van der Waals surface area contributed by atoms with Crippen molar-refractivity contribution < 1.29 is 9.53 Å². The summed E-state index contributed by atoms with van der Waals surface area (Å²) in [4.78, 5) is 19.1. The summed E-state index contributed by atoms with van der Waals surface area (Å²) in [5.74, 6) is 0.203. The van der Waals surface area contributed by atoms with E-state index < -0.39 is 0 Å². The van der Waals surface area contributed by atoms with E-state index in [0.29, 0.717) is 18.0 Å². The quantitative estimate of drug-likeness (QED) is 0.879. The SMILES string of the molecule is COc1ncccc1C(=O)NCC(c1ccc(C)cc1)N1CCCC1. The Morgan fingerprint density at radius 2 is 1.96 bits per heavy atom. The molecule has 0 aliphatic carbocycles. The Morgan fingerprint density at radius 1 is 1.24 bits per heavy atom. The van der Waals surface area contributed by atoms with Crippen LogP contribution in [0, 0.1) is 6.92 Å². The van der Waals surface area contributed by atoms with E-state index in [9.17, 15) is 4.79 Å². The van der Waals surface area contributed by atoms with Gasteiger partial charge in [0.15, 0.2) is 0 Å². The number of nitrogens with zero attached hydrogens (tertiary/aromatic N) is 2. The third kappa shape index (κ3) is 4.17. The lowest BCUT2D eigenvalue weighted by molar-refractivity contribution is 0.0934. The molecular weight excluding hydrogens is 314 g/mol. The maximum Gasteiger partial charge on any atom is 0.256 e. The number of aryl methyl sites for hydroxylation is 1. The van der Waals surface area contributed by atoms with Gasteiger partial charge in [0.1, 0.15) is 5.56 Å². The molecule has 1 aliphatic rings. The molecule has 5 heteroatoms. The highest BCUT2D eigenvalue weighted by molar-refractivity contribution is 5.96. The van der Waals surface area contributed by atoms with E-state index in [0.717, 1.165) is 13.1 Å². The Labute approximate surface area is 149 Å². The zero-order valence-electron chi connectivity index (χ0n) is 14.9. The molecule has 1 aromatic carbocycles. The van der Waals surface area contributed by atoms with E-state index in [-0.39, 0.29) is 11.9 Å². The number of carbonyl (C=O) groups is 1. The minimum absolute atomic E-state index is 0.152. The van der Waals surface area contributed by atoms with E-state index >= 15 is 0 Å². The summed E-state index contributed by atoms with van der Waals surface area (Å²) in [6.07, 6.45) is 4.05. The average Bonchev–Trinajstić information content (AvgIpc) is 3.17. The zero-order valence-corrected chi connectivity index (χ0v) is 14.9. The van der Waals surface area contributed by atoms with Crippen LogP contribution in [0.5, 0.6) is 5.88 Å². The molecule has 1 atom stereocenters.